The van der Waals surface area contributed by atoms with Gasteiger partial charge in [0.05, 0.1) is 17.0 Å². The summed E-state index contributed by atoms with van der Waals surface area (Å²) in [6.07, 6.45) is 1.33. The summed E-state index contributed by atoms with van der Waals surface area (Å²) >= 11 is 5.90. The number of nitrogens with zero attached hydrogens (tertiary/aromatic N) is 1. The first kappa shape index (κ1) is 22.5. The van der Waals surface area contributed by atoms with Crippen molar-refractivity contribution in [3.8, 4) is 0 Å². The number of aryl methyl sites for hydroxylation is 2. The number of benzene rings is 2. The largest absolute Gasteiger partial charge is 0.345 e. The van der Waals surface area contributed by atoms with Gasteiger partial charge < -0.3 is 11.1 Å². The van der Waals surface area contributed by atoms with Gasteiger partial charge in [0.25, 0.3) is 5.69 Å². The van der Waals surface area contributed by atoms with Crippen LogP contribution in [0.4, 0.5) is 5.69 Å². The molecule has 0 bridgehead atoms. The van der Waals surface area contributed by atoms with Gasteiger partial charge in [-0.25, -0.2) is 0 Å². The number of amides is 1. The third-order valence-corrected chi connectivity index (χ3v) is 4.88. The summed E-state index contributed by atoms with van der Waals surface area (Å²) in [4.78, 5) is 35.2. The van der Waals surface area contributed by atoms with Gasteiger partial charge in [0.1, 0.15) is 0 Å². The number of Topliss-reactive ketones (excluding diaryl/α,β-unsaturated/α-hetero) is 1. The number of hydrogen-bond donors (Lipinski definition) is 2. The highest BCUT2D eigenvalue weighted by Gasteiger charge is 2.21. The van der Waals surface area contributed by atoms with Crippen molar-refractivity contribution in [1.82, 2.24) is 5.32 Å². The predicted octanol–water partition coefficient (Wildman–Crippen LogP) is 3.21. The number of nitrogens with two attached hydrogens (primary N) is 1. The summed E-state index contributed by atoms with van der Waals surface area (Å²) in [6.45, 7) is 1.58. The molecule has 2 aromatic rings. The molecule has 7 nitrogen and oxygen atoms in total. The van der Waals surface area contributed by atoms with E-state index >= 15 is 0 Å². The highest BCUT2D eigenvalue weighted by atomic mass is 35.5. The SMILES string of the molecule is C[C@H](NC(=O)[C@H](N)CCc1ccccc1)C(=O)CCc1cc(Cl)ccc1[N+](=O)[O-]. The molecule has 0 aromatic heterocycles. The zero-order chi connectivity index (χ0) is 21.4. The monoisotopic (exact) mass is 417 g/mol. The molecule has 0 spiro atoms. The van der Waals surface area contributed by atoms with Crippen LogP contribution in [-0.2, 0) is 22.4 Å². The van der Waals surface area contributed by atoms with Crippen molar-refractivity contribution in [1.29, 1.82) is 0 Å². The highest BCUT2D eigenvalue weighted by Crippen LogP contribution is 2.24. The van der Waals surface area contributed by atoms with Crippen molar-refractivity contribution >= 4 is 29.0 Å². The van der Waals surface area contributed by atoms with E-state index < -0.39 is 22.9 Å². The Morgan fingerprint density at radius 2 is 1.86 bits per heavy atom. The van der Waals surface area contributed by atoms with Crippen molar-refractivity contribution in [2.24, 2.45) is 5.73 Å². The summed E-state index contributed by atoms with van der Waals surface area (Å²) in [5, 5.41) is 14.1. The van der Waals surface area contributed by atoms with Crippen LogP contribution in [0.25, 0.3) is 0 Å². The molecule has 0 unspecified atom stereocenters. The lowest BCUT2D eigenvalue weighted by Gasteiger charge is -2.17. The lowest BCUT2D eigenvalue weighted by Crippen LogP contribution is -2.47. The van der Waals surface area contributed by atoms with E-state index in [0.29, 0.717) is 23.4 Å². The van der Waals surface area contributed by atoms with E-state index in [1.54, 1.807) is 6.92 Å². The molecule has 0 fully saturated rings. The second kappa shape index (κ2) is 10.7. The molecule has 2 aromatic carbocycles. The maximum absolute atomic E-state index is 12.4. The van der Waals surface area contributed by atoms with Crippen molar-refractivity contribution < 1.29 is 14.5 Å². The maximum Gasteiger partial charge on any atom is 0.272 e. The highest BCUT2D eigenvalue weighted by molar-refractivity contribution is 6.30. The molecule has 154 valence electrons. The lowest BCUT2D eigenvalue weighted by atomic mass is 10.0. The third kappa shape index (κ3) is 6.96. The van der Waals surface area contributed by atoms with Gasteiger partial charge in [-0.1, -0.05) is 41.9 Å². The summed E-state index contributed by atoms with van der Waals surface area (Å²) in [5.74, 6) is -0.626. The van der Waals surface area contributed by atoms with Gasteiger partial charge in [-0.05, 0) is 43.9 Å². The van der Waals surface area contributed by atoms with E-state index in [-0.39, 0.29) is 24.3 Å². The van der Waals surface area contributed by atoms with Gasteiger partial charge >= 0.3 is 0 Å². The molecule has 0 aliphatic heterocycles. The van der Waals surface area contributed by atoms with Crippen LogP contribution in [0, 0.1) is 10.1 Å². The van der Waals surface area contributed by atoms with Crippen molar-refractivity contribution in [2.75, 3.05) is 0 Å². The van der Waals surface area contributed by atoms with E-state index in [1.165, 1.54) is 18.2 Å². The first-order chi connectivity index (χ1) is 13.8. The topological polar surface area (TPSA) is 115 Å². The Morgan fingerprint density at radius 1 is 1.17 bits per heavy atom. The molecule has 3 N–H and O–H groups in total. The maximum atomic E-state index is 12.4. The molecule has 29 heavy (non-hydrogen) atoms. The quantitative estimate of drug-likeness (QED) is 0.455. The summed E-state index contributed by atoms with van der Waals surface area (Å²) in [7, 11) is 0. The van der Waals surface area contributed by atoms with Crippen LogP contribution < -0.4 is 11.1 Å². The minimum atomic E-state index is -0.733. The zero-order valence-electron chi connectivity index (χ0n) is 16.1. The van der Waals surface area contributed by atoms with Crippen molar-refractivity contribution in [3.05, 3.63) is 74.8 Å². The standard InChI is InChI=1S/C21H24ClN3O4/c1-14(24-21(27)18(23)10-7-15-5-3-2-4-6-15)20(26)12-8-16-13-17(22)9-11-19(16)25(28)29/h2-6,9,11,13-14,18H,7-8,10,12,23H2,1H3,(H,24,27)/t14-,18+/m0/s1. The van der Waals surface area contributed by atoms with E-state index in [9.17, 15) is 19.7 Å². The van der Waals surface area contributed by atoms with Crippen LogP contribution in [0.1, 0.15) is 30.9 Å². The average Bonchev–Trinajstić information content (AvgIpc) is 2.70. The van der Waals surface area contributed by atoms with Crippen LogP contribution in [0.15, 0.2) is 48.5 Å². The van der Waals surface area contributed by atoms with Gasteiger partial charge in [0.15, 0.2) is 5.78 Å². The van der Waals surface area contributed by atoms with E-state index in [0.717, 1.165) is 5.56 Å². The Bertz CT molecular complexity index is 873. The molecule has 8 heteroatoms. The second-order valence-electron chi connectivity index (χ2n) is 6.86. The van der Waals surface area contributed by atoms with Gasteiger partial charge in [-0.15, -0.1) is 0 Å². The second-order valence-corrected chi connectivity index (χ2v) is 7.29. The first-order valence-corrected chi connectivity index (χ1v) is 9.71. The number of carbonyl (C=O) groups excluding carboxylic acids is 2. The minimum absolute atomic E-state index is 0.0435. The number of nitro groups is 1. The Labute approximate surface area is 174 Å². The zero-order valence-corrected chi connectivity index (χ0v) is 16.9. The van der Waals surface area contributed by atoms with Gasteiger partial charge in [-0.3, -0.25) is 19.7 Å². The number of hydrogen-bond acceptors (Lipinski definition) is 5. The number of carbonyl (C=O) groups is 2. The predicted molar refractivity (Wildman–Crippen MR) is 112 cm³/mol. The Morgan fingerprint density at radius 3 is 2.52 bits per heavy atom. The molecular weight excluding hydrogens is 394 g/mol. The lowest BCUT2D eigenvalue weighted by molar-refractivity contribution is -0.385. The Balaban J connectivity index is 1.84. The van der Waals surface area contributed by atoms with E-state index in [4.69, 9.17) is 17.3 Å². The normalized spacial score (nSPS) is 12.8. The minimum Gasteiger partial charge on any atom is -0.345 e. The van der Waals surface area contributed by atoms with Crippen LogP contribution in [0.5, 0.6) is 0 Å². The third-order valence-electron chi connectivity index (χ3n) is 4.64. The van der Waals surface area contributed by atoms with Crippen LogP contribution in [-0.4, -0.2) is 28.7 Å². The van der Waals surface area contributed by atoms with Crippen molar-refractivity contribution in [2.45, 2.75) is 44.7 Å². The van der Waals surface area contributed by atoms with Crippen LogP contribution in [0.2, 0.25) is 5.02 Å². The van der Waals surface area contributed by atoms with E-state index in [1.807, 2.05) is 30.3 Å². The van der Waals surface area contributed by atoms with Crippen LogP contribution >= 0.6 is 11.6 Å². The van der Waals surface area contributed by atoms with Gasteiger partial charge in [0, 0.05) is 23.1 Å². The summed E-state index contributed by atoms with van der Waals surface area (Å²) in [5.41, 5.74) is 7.32. The number of halogens is 1. The summed E-state index contributed by atoms with van der Waals surface area (Å²) in [6, 6.07) is 12.5. The fourth-order valence-electron chi connectivity index (χ4n) is 2.91. The number of rotatable bonds is 10. The summed E-state index contributed by atoms with van der Waals surface area (Å²) < 4.78 is 0. The van der Waals surface area contributed by atoms with Crippen LogP contribution in [0.3, 0.4) is 0 Å². The molecule has 0 aliphatic carbocycles. The molecule has 0 heterocycles. The fraction of sp³-hybridized carbons (Fsp3) is 0.333. The van der Waals surface area contributed by atoms with Gasteiger partial charge in [-0.2, -0.15) is 0 Å². The molecule has 0 saturated heterocycles. The van der Waals surface area contributed by atoms with Crippen molar-refractivity contribution in [3.63, 3.8) is 0 Å². The average molecular weight is 418 g/mol. The molecule has 0 aliphatic rings. The first-order valence-electron chi connectivity index (χ1n) is 9.33. The number of ketones is 1. The Hall–Kier alpha value is -2.77. The molecule has 2 atom stereocenters. The molecular formula is C21H24ClN3O4. The number of nitro benzene ring substituents is 1. The molecule has 2 rings (SSSR count). The number of nitrogens with one attached hydrogen (secondary N) is 1. The molecule has 1 amide bonds. The van der Waals surface area contributed by atoms with Gasteiger partial charge in [0.2, 0.25) is 5.91 Å². The Kier molecular flexibility index (Phi) is 8.30. The molecule has 0 saturated carbocycles. The smallest absolute Gasteiger partial charge is 0.272 e. The molecule has 0 radical (unpaired) electrons. The fourth-order valence-corrected chi connectivity index (χ4v) is 3.10. The van der Waals surface area contributed by atoms with E-state index in [2.05, 4.69) is 5.32 Å².